The van der Waals surface area contributed by atoms with Crippen LogP contribution in [0.2, 0.25) is 0 Å². The monoisotopic (exact) mass is 298 g/mol. The van der Waals surface area contributed by atoms with Gasteiger partial charge in [0.05, 0.1) is 18.4 Å². The zero-order valence-corrected chi connectivity index (χ0v) is 11.3. The zero-order chi connectivity index (χ0) is 12.3. The molecular weight excluding hydrogens is 284 g/mol. The zero-order valence-electron chi connectivity index (χ0n) is 9.73. The first kappa shape index (κ1) is 12.4. The predicted molar refractivity (Wildman–Crippen MR) is 70.5 cm³/mol. The van der Waals surface area contributed by atoms with Gasteiger partial charge in [0, 0.05) is 42.3 Å². The number of carbonyl (C=O) groups is 1. The number of piperazine rings is 1. The van der Waals surface area contributed by atoms with Gasteiger partial charge < -0.3 is 9.64 Å². The molecule has 1 saturated heterocycles. The minimum absolute atomic E-state index is 0.276. The van der Waals surface area contributed by atoms with Gasteiger partial charge >= 0.3 is 5.97 Å². The maximum Gasteiger partial charge on any atom is 0.339 e. The van der Waals surface area contributed by atoms with Crippen molar-refractivity contribution >= 4 is 27.8 Å². The van der Waals surface area contributed by atoms with Gasteiger partial charge in [-0.15, -0.1) is 0 Å². The van der Waals surface area contributed by atoms with Gasteiger partial charge in [-0.2, -0.15) is 0 Å². The largest absolute Gasteiger partial charge is 0.465 e. The molecule has 0 bridgehead atoms. The molecule has 17 heavy (non-hydrogen) atoms. The quantitative estimate of drug-likeness (QED) is 0.617. The van der Waals surface area contributed by atoms with E-state index in [9.17, 15) is 4.79 Å². The van der Waals surface area contributed by atoms with E-state index >= 15 is 0 Å². The Balaban J connectivity index is 2.23. The molecule has 1 aromatic rings. The van der Waals surface area contributed by atoms with Gasteiger partial charge in [0.2, 0.25) is 0 Å². The Morgan fingerprint density at radius 3 is 2.53 bits per heavy atom. The molecule has 92 valence electrons. The number of halogens is 1. The van der Waals surface area contributed by atoms with Crippen molar-refractivity contribution in [3.63, 3.8) is 0 Å². The van der Waals surface area contributed by atoms with E-state index in [0.29, 0.717) is 5.56 Å². The van der Waals surface area contributed by atoms with Crippen LogP contribution in [0.15, 0.2) is 24.3 Å². The second-order valence-corrected chi connectivity index (χ2v) is 4.91. The van der Waals surface area contributed by atoms with Crippen LogP contribution in [0.3, 0.4) is 0 Å². The molecule has 0 aromatic heterocycles. The Labute approximate surface area is 109 Å². The third-order valence-electron chi connectivity index (χ3n) is 2.88. The topological polar surface area (TPSA) is 32.8 Å². The highest BCUT2D eigenvalue weighted by atomic mass is 79.9. The molecule has 0 saturated carbocycles. The fourth-order valence-corrected chi connectivity index (χ4v) is 2.27. The van der Waals surface area contributed by atoms with Gasteiger partial charge in [-0.25, -0.2) is 8.72 Å². The minimum atomic E-state index is -0.276. The number of para-hydroxylation sites is 1. The van der Waals surface area contributed by atoms with Crippen LogP contribution in [0.5, 0.6) is 0 Å². The summed E-state index contributed by atoms with van der Waals surface area (Å²) in [4.78, 5) is 13.9. The molecule has 4 nitrogen and oxygen atoms in total. The molecule has 1 fully saturated rings. The lowest BCUT2D eigenvalue weighted by atomic mass is 10.1. The summed E-state index contributed by atoms with van der Waals surface area (Å²) in [6.07, 6.45) is 0. The predicted octanol–water partition coefficient (Wildman–Crippen LogP) is 1.91. The summed E-state index contributed by atoms with van der Waals surface area (Å²) in [7, 11) is 1.41. The maximum absolute atomic E-state index is 11.7. The summed E-state index contributed by atoms with van der Waals surface area (Å²) >= 11 is 3.46. The third-order valence-corrected chi connectivity index (χ3v) is 3.58. The number of anilines is 1. The molecule has 0 spiro atoms. The molecule has 1 aromatic carbocycles. The number of benzene rings is 1. The Bertz CT molecular complexity index is 403. The SMILES string of the molecule is COC(=O)c1ccccc1N1CCN(Br)CC1. The van der Waals surface area contributed by atoms with Crippen LogP contribution >= 0.6 is 16.1 Å². The maximum atomic E-state index is 11.7. The van der Waals surface area contributed by atoms with E-state index in [1.165, 1.54) is 7.11 Å². The van der Waals surface area contributed by atoms with Crippen molar-refractivity contribution in [1.82, 2.24) is 3.93 Å². The van der Waals surface area contributed by atoms with Gasteiger partial charge in [0.1, 0.15) is 0 Å². The molecule has 0 atom stereocenters. The molecule has 2 rings (SSSR count). The average molecular weight is 299 g/mol. The van der Waals surface area contributed by atoms with Crippen molar-refractivity contribution in [3.05, 3.63) is 29.8 Å². The summed E-state index contributed by atoms with van der Waals surface area (Å²) in [5.41, 5.74) is 1.60. The molecule has 0 radical (unpaired) electrons. The van der Waals surface area contributed by atoms with E-state index < -0.39 is 0 Å². The molecule has 5 heteroatoms. The summed E-state index contributed by atoms with van der Waals surface area (Å²) in [6, 6.07) is 7.58. The van der Waals surface area contributed by atoms with E-state index in [1.807, 2.05) is 24.3 Å². The van der Waals surface area contributed by atoms with E-state index in [1.54, 1.807) is 0 Å². The Morgan fingerprint density at radius 1 is 1.24 bits per heavy atom. The second kappa shape index (κ2) is 5.51. The first-order chi connectivity index (χ1) is 8.22. The molecule has 1 aliphatic rings. The Morgan fingerprint density at radius 2 is 1.88 bits per heavy atom. The summed E-state index contributed by atoms with van der Waals surface area (Å²) < 4.78 is 6.91. The first-order valence-corrected chi connectivity index (χ1v) is 6.26. The van der Waals surface area contributed by atoms with Gasteiger partial charge in [-0.05, 0) is 12.1 Å². The second-order valence-electron chi connectivity index (χ2n) is 3.91. The van der Waals surface area contributed by atoms with Crippen molar-refractivity contribution in [2.45, 2.75) is 0 Å². The van der Waals surface area contributed by atoms with Crippen molar-refractivity contribution in [1.29, 1.82) is 0 Å². The molecule has 0 unspecified atom stereocenters. The smallest absolute Gasteiger partial charge is 0.339 e. The summed E-state index contributed by atoms with van der Waals surface area (Å²) in [5.74, 6) is -0.276. The van der Waals surface area contributed by atoms with E-state index in [2.05, 4.69) is 25.0 Å². The van der Waals surface area contributed by atoms with Crippen molar-refractivity contribution in [2.75, 3.05) is 38.2 Å². The van der Waals surface area contributed by atoms with Gasteiger partial charge in [-0.1, -0.05) is 12.1 Å². The number of methoxy groups -OCH3 is 1. The van der Waals surface area contributed by atoms with Crippen LogP contribution in [0.4, 0.5) is 5.69 Å². The standard InChI is InChI=1S/C12H15BrN2O2/c1-17-12(16)10-4-2-3-5-11(10)14-6-8-15(13)9-7-14/h2-5H,6-9H2,1H3. The fourth-order valence-electron chi connectivity index (χ4n) is 1.95. The molecular formula is C12H15BrN2O2. The molecule has 0 amide bonds. The van der Waals surface area contributed by atoms with E-state index in [4.69, 9.17) is 4.74 Å². The molecule has 0 N–H and O–H groups in total. The van der Waals surface area contributed by atoms with Gasteiger partial charge in [0.15, 0.2) is 0 Å². The van der Waals surface area contributed by atoms with Crippen molar-refractivity contribution in [3.8, 4) is 0 Å². The first-order valence-electron chi connectivity index (χ1n) is 5.55. The van der Waals surface area contributed by atoms with Gasteiger partial charge in [0.25, 0.3) is 0 Å². The Kier molecular flexibility index (Phi) is 4.02. The molecule has 1 heterocycles. The molecule has 0 aliphatic carbocycles. The van der Waals surface area contributed by atoms with Crippen LogP contribution in [0.25, 0.3) is 0 Å². The summed E-state index contributed by atoms with van der Waals surface area (Å²) in [6.45, 7) is 3.68. The van der Waals surface area contributed by atoms with Crippen LogP contribution in [0.1, 0.15) is 10.4 Å². The number of nitrogens with zero attached hydrogens (tertiary/aromatic N) is 2. The fraction of sp³-hybridized carbons (Fsp3) is 0.417. The normalized spacial score (nSPS) is 16.9. The average Bonchev–Trinajstić information content (AvgIpc) is 2.39. The number of carbonyl (C=O) groups excluding carboxylic acids is 1. The van der Waals surface area contributed by atoms with Crippen molar-refractivity contribution < 1.29 is 9.53 Å². The highest BCUT2D eigenvalue weighted by Gasteiger charge is 2.20. The third kappa shape index (κ3) is 2.79. The van der Waals surface area contributed by atoms with Crippen LogP contribution in [-0.2, 0) is 4.74 Å². The van der Waals surface area contributed by atoms with Crippen LogP contribution < -0.4 is 4.90 Å². The van der Waals surface area contributed by atoms with Crippen LogP contribution in [-0.4, -0.2) is 43.2 Å². The lowest BCUT2D eigenvalue weighted by Crippen LogP contribution is -2.42. The van der Waals surface area contributed by atoms with Crippen molar-refractivity contribution in [2.24, 2.45) is 0 Å². The number of hydrogen-bond acceptors (Lipinski definition) is 4. The Hall–Kier alpha value is -1.07. The number of rotatable bonds is 2. The highest BCUT2D eigenvalue weighted by Crippen LogP contribution is 2.23. The lowest BCUT2D eigenvalue weighted by molar-refractivity contribution is 0.0601. The number of ether oxygens (including phenoxy) is 1. The minimum Gasteiger partial charge on any atom is -0.465 e. The molecule has 1 aliphatic heterocycles. The lowest BCUT2D eigenvalue weighted by Gasteiger charge is -2.33. The highest BCUT2D eigenvalue weighted by molar-refractivity contribution is 9.07. The van der Waals surface area contributed by atoms with E-state index in [-0.39, 0.29) is 5.97 Å². The summed E-state index contributed by atoms with van der Waals surface area (Å²) in [5, 5.41) is 0. The van der Waals surface area contributed by atoms with Gasteiger partial charge in [-0.3, -0.25) is 0 Å². The number of hydrogen-bond donors (Lipinski definition) is 0. The van der Waals surface area contributed by atoms with Crippen LogP contribution in [0, 0.1) is 0 Å². The van der Waals surface area contributed by atoms with E-state index in [0.717, 1.165) is 31.9 Å². The number of esters is 1.